The fourth-order valence-corrected chi connectivity index (χ4v) is 3.88. The molecule has 0 bridgehead atoms. The first kappa shape index (κ1) is 17.2. The molecule has 5 nitrogen and oxygen atoms in total. The Morgan fingerprint density at radius 2 is 1.85 bits per heavy atom. The normalized spacial score (nSPS) is 12.7. The number of carboxylic acid groups (broad SMARTS) is 1. The third kappa shape index (κ3) is 3.09. The van der Waals surface area contributed by atoms with Crippen molar-refractivity contribution in [2.24, 2.45) is 0 Å². The topological polar surface area (TPSA) is 74.7 Å². The predicted molar refractivity (Wildman–Crippen MR) is 77.7 cm³/mol. The lowest BCUT2D eigenvalue weighted by atomic mass is 10.1. The van der Waals surface area contributed by atoms with Gasteiger partial charge in [-0.1, -0.05) is 30.1 Å². The predicted octanol–water partition coefficient (Wildman–Crippen LogP) is 2.87. The van der Waals surface area contributed by atoms with Gasteiger partial charge in [0.2, 0.25) is 10.0 Å². The molecule has 20 heavy (non-hydrogen) atoms. The van der Waals surface area contributed by atoms with Crippen LogP contribution >= 0.6 is 23.2 Å². The second kappa shape index (κ2) is 5.89. The van der Waals surface area contributed by atoms with E-state index in [1.807, 2.05) is 0 Å². The van der Waals surface area contributed by atoms with Crippen LogP contribution in [0.4, 0.5) is 0 Å². The summed E-state index contributed by atoms with van der Waals surface area (Å²) in [4.78, 5) is 11.2. The number of nitrogens with zero attached hydrogens (tertiary/aromatic N) is 1. The number of hydrogen-bond donors (Lipinski definition) is 1. The van der Waals surface area contributed by atoms with Crippen molar-refractivity contribution in [1.29, 1.82) is 0 Å². The molecule has 0 fully saturated rings. The number of sulfonamides is 1. The first-order valence-electron chi connectivity index (χ1n) is 5.76. The Morgan fingerprint density at radius 3 is 2.25 bits per heavy atom. The second-order valence-corrected chi connectivity index (χ2v) is 7.29. The van der Waals surface area contributed by atoms with Crippen molar-refractivity contribution in [3.63, 3.8) is 0 Å². The van der Waals surface area contributed by atoms with Gasteiger partial charge in [-0.15, -0.1) is 0 Å². The largest absolute Gasteiger partial charge is 0.480 e. The van der Waals surface area contributed by atoms with Gasteiger partial charge in [-0.05, 0) is 32.0 Å². The highest BCUT2D eigenvalue weighted by molar-refractivity contribution is 7.89. The van der Waals surface area contributed by atoms with Crippen LogP contribution in [-0.2, 0) is 14.8 Å². The molecule has 0 aromatic heterocycles. The fraction of sp³-hybridized carbons (Fsp3) is 0.417. The lowest BCUT2D eigenvalue weighted by Crippen LogP contribution is -2.52. The maximum Gasteiger partial charge on any atom is 0.324 e. The van der Waals surface area contributed by atoms with Crippen molar-refractivity contribution in [1.82, 2.24) is 4.31 Å². The standard InChI is InChI=1S/C12H15Cl2NO4S/c1-4-15(12(2,3)11(16)17)20(18,19)8-5-6-9(13)10(14)7-8/h5-7H,4H2,1-3H3,(H,16,17). The Labute approximate surface area is 128 Å². The van der Waals surface area contributed by atoms with Crippen LogP contribution < -0.4 is 0 Å². The molecule has 112 valence electrons. The van der Waals surface area contributed by atoms with E-state index in [0.29, 0.717) is 0 Å². The van der Waals surface area contributed by atoms with Crippen molar-refractivity contribution < 1.29 is 18.3 Å². The summed E-state index contributed by atoms with van der Waals surface area (Å²) < 4.78 is 26.0. The molecule has 0 unspecified atom stereocenters. The van der Waals surface area contributed by atoms with Crippen LogP contribution in [0.5, 0.6) is 0 Å². The highest BCUT2D eigenvalue weighted by atomic mass is 35.5. The summed E-state index contributed by atoms with van der Waals surface area (Å²) >= 11 is 11.6. The maximum atomic E-state index is 12.5. The first-order chi connectivity index (χ1) is 9.05. The van der Waals surface area contributed by atoms with E-state index in [4.69, 9.17) is 23.2 Å². The summed E-state index contributed by atoms with van der Waals surface area (Å²) in [6.07, 6.45) is 0. The van der Waals surface area contributed by atoms with E-state index in [-0.39, 0.29) is 21.5 Å². The van der Waals surface area contributed by atoms with Crippen molar-refractivity contribution in [3.05, 3.63) is 28.2 Å². The van der Waals surface area contributed by atoms with Crippen LogP contribution in [0.1, 0.15) is 20.8 Å². The Morgan fingerprint density at radius 1 is 1.30 bits per heavy atom. The van der Waals surface area contributed by atoms with Crippen LogP contribution in [0.2, 0.25) is 10.0 Å². The van der Waals surface area contributed by atoms with Gasteiger partial charge in [0, 0.05) is 6.54 Å². The molecule has 1 aromatic carbocycles. The first-order valence-corrected chi connectivity index (χ1v) is 7.96. The molecule has 0 amide bonds. The average molecular weight is 340 g/mol. The van der Waals surface area contributed by atoms with Gasteiger partial charge in [0.25, 0.3) is 0 Å². The zero-order valence-electron chi connectivity index (χ0n) is 11.2. The van der Waals surface area contributed by atoms with Crippen molar-refractivity contribution in [3.8, 4) is 0 Å². The van der Waals surface area contributed by atoms with Crippen LogP contribution in [0.25, 0.3) is 0 Å². The van der Waals surface area contributed by atoms with Gasteiger partial charge in [-0.3, -0.25) is 4.79 Å². The molecular weight excluding hydrogens is 325 g/mol. The van der Waals surface area contributed by atoms with Crippen LogP contribution in [0.3, 0.4) is 0 Å². The Bertz CT molecular complexity index is 628. The minimum atomic E-state index is -3.98. The average Bonchev–Trinajstić information content (AvgIpc) is 2.32. The van der Waals surface area contributed by atoms with Crippen molar-refractivity contribution in [2.75, 3.05) is 6.54 Å². The van der Waals surface area contributed by atoms with E-state index in [0.717, 1.165) is 4.31 Å². The van der Waals surface area contributed by atoms with Gasteiger partial charge in [-0.25, -0.2) is 8.42 Å². The number of halogens is 2. The maximum absolute atomic E-state index is 12.5. The van der Waals surface area contributed by atoms with Crippen LogP contribution in [0, 0.1) is 0 Å². The van der Waals surface area contributed by atoms with E-state index in [1.54, 1.807) is 6.92 Å². The van der Waals surface area contributed by atoms with E-state index >= 15 is 0 Å². The Hall–Kier alpha value is -0.820. The molecular formula is C12H15Cl2NO4S. The highest BCUT2D eigenvalue weighted by Gasteiger charge is 2.41. The minimum Gasteiger partial charge on any atom is -0.480 e. The molecule has 0 saturated heterocycles. The molecule has 0 spiro atoms. The summed E-state index contributed by atoms with van der Waals surface area (Å²) in [7, 11) is -3.98. The number of hydrogen-bond acceptors (Lipinski definition) is 3. The van der Waals surface area contributed by atoms with Crippen LogP contribution in [0.15, 0.2) is 23.1 Å². The number of likely N-dealkylation sites (N-methyl/N-ethyl adjacent to an activating group) is 1. The lowest BCUT2D eigenvalue weighted by Gasteiger charge is -2.33. The molecule has 0 aliphatic rings. The van der Waals surface area contributed by atoms with Crippen molar-refractivity contribution in [2.45, 2.75) is 31.2 Å². The summed E-state index contributed by atoms with van der Waals surface area (Å²) in [6, 6.07) is 3.86. The van der Waals surface area contributed by atoms with Crippen LogP contribution in [-0.4, -0.2) is 35.9 Å². The zero-order chi connectivity index (χ0) is 15.7. The summed E-state index contributed by atoms with van der Waals surface area (Å²) in [5, 5.41) is 9.52. The number of rotatable bonds is 5. The molecule has 0 atom stereocenters. The summed E-state index contributed by atoms with van der Waals surface area (Å²) in [5.74, 6) is -1.23. The number of carboxylic acids is 1. The molecule has 1 rings (SSSR count). The molecule has 0 aliphatic carbocycles. The lowest BCUT2D eigenvalue weighted by molar-refractivity contribution is -0.146. The van der Waals surface area contributed by atoms with Gasteiger partial charge < -0.3 is 5.11 Å². The van der Waals surface area contributed by atoms with Gasteiger partial charge in [0.05, 0.1) is 14.9 Å². The number of aliphatic carboxylic acids is 1. The highest BCUT2D eigenvalue weighted by Crippen LogP contribution is 2.29. The van der Waals surface area contributed by atoms with Gasteiger partial charge in [-0.2, -0.15) is 4.31 Å². The quantitative estimate of drug-likeness (QED) is 0.894. The molecule has 0 aliphatic heterocycles. The third-order valence-electron chi connectivity index (χ3n) is 2.91. The van der Waals surface area contributed by atoms with E-state index in [9.17, 15) is 18.3 Å². The van der Waals surface area contributed by atoms with E-state index in [2.05, 4.69) is 0 Å². The summed E-state index contributed by atoms with van der Waals surface area (Å²) in [5.41, 5.74) is -1.57. The Balaban J connectivity index is 3.39. The monoisotopic (exact) mass is 339 g/mol. The molecule has 0 radical (unpaired) electrons. The molecule has 1 N–H and O–H groups in total. The Kier molecular flexibility index (Phi) is 5.08. The van der Waals surface area contributed by atoms with Gasteiger partial charge >= 0.3 is 5.97 Å². The second-order valence-electron chi connectivity index (χ2n) is 4.61. The third-order valence-corrected chi connectivity index (χ3v) is 5.80. The smallest absolute Gasteiger partial charge is 0.324 e. The molecule has 8 heteroatoms. The molecule has 0 saturated carbocycles. The van der Waals surface area contributed by atoms with E-state index < -0.39 is 21.5 Å². The number of benzene rings is 1. The number of carbonyl (C=O) groups is 1. The molecule has 1 aromatic rings. The van der Waals surface area contributed by atoms with Gasteiger partial charge in [0.15, 0.2) is 0 Å². The van der Waals surface area contributed by atoms with Crippen molar-refractivity contribution >= 4 is 39.2 Å². The fourth-order valence-electron chi connectivity index (χ4n) is 1.74. The molecule has 0 heterocycles. The minimum absolute atomic E-state index is 0.0158. The zero-order valence-corrected chi connectivity index (χ0v) is 13.6. The SMILES string of the molecule is CCN(C(C)(C)C(=O)O)S(=O)(=O)c1ccc(Cl)c(Cl)c1. The summed E-state index contributed by atoms with van der Waals surface area (Å²) in [6.45, 7) is 4.24. The van der Waals surface area contributed by atoms with E-state index in [1.165, 1.54) is 32.0 Å². The van der Waals surface area contributed by atoms with Gasteiger partial charge in [0.1, 0.15) is 5.54 Å².